The second-order valence-electron chi connectivity index (χ2n) is 4.98. The van der Waals surface area contributed by atoms with E-state index < -0.39 is 0 Å². The lowest BCUT2D eigenvalue weighted by Crippen LogP contribution is -2.36. The number of aryl methyl sites for hydroxylation is 1. The standard InChI is InChI=1S/C13H20N2O3/c1-8-13(18)12(10(7-16)5-15-8)6-14-4-9-2-11(17)3-9/h5,9,11,14,16-18H,2-4,6-7H2,1H3. The topological polar surface area (TPSA) is 85.6 Å². The summed E-state index contributed by atoms with van der Waals surface area (Å²) in [4.78, 5) is 4.02. The van der Waals surface area contributed by atoms with Gasteiger partial charge in [0.1, 0.15) is 5.75 Å². The summed E-state index contributed by atoms with van der Waals surface area (Å²) in [6, 6.07) is 0. The summed E-state index contributed by atoms with van der Waals surface area (Å²) in [6.07, 6.45) is 3.16. The number of aliphatic hydroxyl groups is 2. The van der Waals surface area contributed by atoms with Crippen molar-refractivity contribution in [3.8, 4) is 5.75 Å². The maximum atomic E-state index is 9.93. The second-order valence-corrected chi connectivity index (χ2v) is 4.98. The highest BCUT2D eigenvalue weighted by molar-refractivity contribution is 5.40. The monoisotopic (exact) mass is 252 g/mol. The first-order valence-electron chi connectivity index (χ1n) is 6.27. The molecule has 0 atom stereocenters. The molecule has 18 heavy (non-hydrogen) atoms. The van der Waals surface area contributed by atoms with E-state index in [1.807, 2.05) is 0 Å². The molecule has 0 saturated heterocycles. The number of pyridine rings is 1. The van der Waals surface area contributed by atoms with Crippen molar-refractivity contribution >= 4 is 0 Å². The van der Waals surface area contributed by atoms with Crippen molar-refractivity contribution in [2.24, 2.45) is 5.92 Å². The van der Waals surface area contributed by atoms with Crippen LogP contribution in [0.2, 0.25) is 0 Å². The highest BCUT2D eigenvalue weighted by atomic mass is 16.3. The molecule has 5 heteroatoms. The predicted octanol–water partition coefficient (Wildman–Crippen LogP) is 0.448. The minimum atomic E-state index is -0.138. The summed E-state index contributed by atoms with van der Waals surface area (Å²) in [5.74, 6) is 0.672. The zero-order valence-corrected chi connectivity index (χ0v) is 10.6. The zero-order chi connectivity index (χ0) is 13.1. The molecule has 1 aromatic rings. The Morgan fingerprint density at radius 2 is 2.17 bits per heavy atom. The van der Waals surface area contributed by atoms with E-state index in [0.29, 0.717) is 29.3 Å². The molecule has 1 aromatic heterocycles. The minimum Gasteiger partial charge on any atom is -0.506 e. The van der Waals surface area contributed by atoms with Crippen LogP contribution in [-0.2, 0) is 13.2 Å². The number of nitrogens with one attached hydrogen (secondary N) is 1. The van der Waals surface area contributed by atoms with Crippen molar-refractivity contribution in [1.82, 2.24) is 10.3 Å². The Bertz CT molecular complexity index is 417. The molecule has 2 rings (SSSR count). The first-order chi connectivity index (χ1) is 8.61. The van der Waals surface area contributed by atoms with Gasteiger partial charge in [0.05, 0.1) is 18.4 Å². The van der Waals surface area contributed by atoms with E-state index in [0.717, 1.165) is 19.4 Å². The van der Waals surface area contributed by atoms with Crippen LogP contribution in [0.5, 0.6) is 5.75 Å². The SMILES string of the molecule is Cc1ncc(CO)c(CNCC2CC(O)C2)c1O. The largest absolute Gasteiger partial charge is 0.506 e. The summed E-state index contributed by atoms with van der Waals surface area (Å²) in [7, 11) is 0. The van der Waals surface area contributed by atoms with Crippen molar-refractivity contribution < 1.29 is 15.3 Å². The Kier molecular flexibility index (Phi) is 4.16. The molecule has 1 heterocycles. The van der Waals surface area contributed by atoms with Gasteiger partial charge in [0.25, 0.3) is 0 Å². The first kappa shape index (κ1) is 13.3. The molecular formula is C13H20N2O3. The molecule has 0 aromatic carbocycles. The lowest BCUT2D eigenvalue weighted by molar-refractivity contribution is 0.0429. The first-order valence-corrected chi connectivity index (χ1v) is 6.27. The Hall–Kier alpha value is -1.17. The van der Waals surface area contributed by atoms with Crippen LogP contribution < -0.4 is 5.32 Å². The van der Waals surface area contributed by atoms with E-state index in [-0.39, 0.29) is 18.5 Å². The van der Waals surface area contributed by atoms with Crippen LogP contribution in [0.15, 0.2) is 6.20 Å². The summed E-state index contributed by atoms with van der Waals surface area (Å²) in [5, 5.41) is 31.6. The van der Waals surface area contributed by atoms with Crippen molar-refractivity contribution in [1.29, 1.82) is 0 Å². The number of aliphatic hydroxyl groups excluding tert-OH is 2. The van der Waals surface area contributed by atoms with Crippen LogP contribution in [0.4, 0.5) is 0 Å². The highest BCUT2D eigenvalue weighted by Gasteiger charge is 2.26. The lowest BCUT2D eigenvalue weighted by Gasteiger charge is -2.31. The summed E-state index contributed by atoms with van der Waals surface area (Å²) < 4.78 is 0. The second kappa shape index (κ2) is 5.65. The Morgan fingerprint density at radius 3 is 2.78 bits per heavy atom. The molecule has 4 N–H and O–H groups in total. The lowest BCUT2D eigenvalue weighted by atomic mass is 9.82. The van der Waals surface area contributed by atoms with E-state index in [9.17, 15) is 15.3 Å². The van der Waals surface area contributed by atoms with Gasteiger partial charge < -0.3 is 20.6 Å². The van der Waals surface area contributed by atoms with Crippen LogP contribution in [0.1, 0.15) is 29.7 Å². The maximum absolute atomic E-state index is 9.93. The predicted molar refractivity (Wildman–Crippen MR) is 67.0 cm³/mol. The molecule has 1 fully saturated rings. The molecule has 1 aliphatic carbocycles. The molecule has 1 saturated carbocycles. The van der Waals surface area contributed by atoms with E-state index in [2.05, 4.69) is 10.3 Å². The third kappa shape index (κ3) is 2.80. The van der Waals surface area contributed by atoms with Crippen LogP contribution in [-0.4, -0.2) is 33.0 Å². The molecule has 0 unspecified atom stereocenters. The van der Waals surface area contributed by atoms with Gasteiger partial charge in [-0.1, -0.05) is 0 Å². The van der Waals surface area contributed by atoms with Crippen LogP contribution in [0.3, 0.4) is 0 Å². The van der Waals surface area contributed by atoms with E-state index in [1.165, 1.54) is 0 Å². The molecule has 5 nitrogen and oxygen atoms in total. The number of aromatic hydroxyl groups is 1. The number of rotatable bonds is 5. The molecule has 0 aliphatic heterocycles. The Balaban J connectivity index is 1.93. The molecule has 0 amide bonds. The van der Waals surface area contributed by atoms with Gasteiger partial charge in [0, 0.05) is 23.9 Å². The van der Waals surface area contributed by atoms with Gasteiger partial charge in [-0.2, -0.15) is 0 Å². The van der Waals surface area contributed by atoms with Crippen LogP contribution in [0, 0.1) is 12.8 Å². The fourth-order valence-corrected chi connectivity index (χ4v) is 2.29. The van der Waals surface area contributed by atoms with Gasteiger partial charge in [-0.3, -0.25) is 4.98 Å². The third-order valence-corrected chi connectivity index (χ3v) is 3.55. The van der Waals surface area contributed by atoms with Crippen LogP contribution in [0.25, 0.3) is 0 Å². The molecule has 100 valence electrons. The van der Waals surface area contributed by atoms with E-state index in [4.69, 9.17) is 0 Å². The molecular weight excluding hydrogens is 232 g/mol. The average molecular weight is 252 g/mol. The van der Waals surface area contributed by atoms with Gasteiger partial charge in [0.2, 0.25) is 0 Å². The Labute approximate surface area is 106 Å². The van der Waals surface area contributed by atoms with Gasteiger partial charge in [-0.15, -0.1) is 0 Å². The Morgan fingerprint density at radius 1 is 1.44 bits per heavy atom. The van der Waals surface area contributed by atoms with E-state index in [1.54, 1.807) is 13.1 Å². The summed E-state index contributed by atoms with van der Waals surface area (Å²) in [5.41, 5.74) is 1.94. The minimum absolute atomic E-state index is 0.125. The van der Waals surface area contributed by atoms with Gasteiger partial charge in [0.15, 0.2) is 0 Å². The third-order valence-electron chi connectivity index (χ3n) is 3.55. The van der Waals surface area contributed by atoms with Crippen molar-refractivity contribution in [3.05, 3.63) is 23.0 Å². The van der Waals surface area contributed by atoms with Crippen LogP contribution >= 0.6 is 0 Å². The molecule has 1 aliphatic rings. The van der Waals surface area contributed by atoms with Crippen molar-refractivity contribution in [2.75, 3.05) is 6.54 Å². The van der Waals surface area contributed by atoms with E-state index >= 15 is 0 Å². The zero-order valence-electron chi connectivity index (χ0n) is 10.6. The normalized spacial score (nSPS) is 22.8. The van der Waals surface area contributed by atoms with Crippen molar-refractivity contribution in [2.45, 2.75) is 39.0 Å². The molecule has 0 bridgehead atoms. The molecule has 0 radical (unpaired) electrons. The highest BCUT2D eigenvalue weighted by Crippen LogP contribution is 2.27. The number of aromatic nitrogens is 1. The summed E-state index contributed by atoms with van der Waals surface area (Å²) in [6.45, 7) is 2.95. The van der Waals surface area contributed by atoms with Gasteiger partial charge in [-0.25, -0.2) is 0 Å². The number of hydrogen-bond acceptors (Lipinski definition) is 5. The maximum Gasteiger partial charge on any atom is 0.141 e. The van der Waals surface area contributed by atoms with Crippen molar-refractivity contribution in [3.63, 3.8) is 0 Å². The fourth-order valence-electron chi connectivity index (χ4n) is 2.29. The fraction of sp³-hybridized carbons (Fsp3) is 0.615. The molecule has 0 spiro atoms. The smallest absolute Gasteiger partial charge is 0.141 e. The quantitative estimate of drug-likeness (QED) is 0.611. The summed E-state index contributed by atoms with van der Waals surface area (Å²) >= 11 is 0. The van der Waals surface area contributed by atoms with Gasteiger partial charge >= 0.3 is 0 Å². The number of nitrogens with zero attached hydrogens (tertiary/aromatic N) is 1. The number of hydrogen-bond donors (Lipinski definition) is 4. The van der Waals surface area contributed by atoms with Gasteiger partial charge in [-0.05, 0) is 32.2 Å². The average Bonchev–Trinajstić information content (AvgIpc) is 2.32.